The second kappa shape index (κ2) is 7.25. The molecule has 5 aromatic rings. The number of hydrogen-bond donors (Lipinski definition) is 2. The Kier molecular flexibility index (Phi) is 4.29. The van der Waals surface area contributed by atoms with Crippen LogP contribution in [-0.2, 0) is 0 Å². The third-order valence-corrected chi connectivity index (χ3v) is 4.69. The number of amides is 1. The minimum Gasteiger partial charge on any atom is -0.338 e. The second-order valence-corrected chi connectivity index (χ2v) is 6.65. The van der Waals surface area contributed by atoms with Crippen LogP contribution in [0.25, 0.3) is 28.1 Å². The Morgan fingerprint density at radius 3 is 2.63 bits per heavy atom. The molecule has 2 aromatic heterocycles. The third kappa shape index (κ3) is 3.30. The predicted molar refractivity (Wildman–Crippen MR) is 111 cm³/mol. The van der Waals surface area contributed by atoms with E-state index < -0.39 is 11.7 Å². The molecule has 5 rings (SSSR count). The normalized spacial score (nSPS) is 11.0. The molecule has 8 heteroatoms. The van der Waals surface area contributed by atoms with Crippen molar-refractivity contribution in [3.63, 3.8) is 0 Å². The van der Waals surface area contributed by atoms with Crippen molar-refractivity contribution in [2.45, 2.75) is 0 Å². The van der Waals surface area contributed by atoms with E-state index in [-0.39, 0.29) is 5.56 Å². The molecule has 7 nitrogen and oxygen atoms in total. The molecule has 30 heavy (non-hydrogen) atoms. The molecular weight excluding hydrogens is 383 g/mol. The van der Waals surface area contributed by atoms with Crippen LogP contribution in [0.15, 0.2) is 79.1 Å². The zero-order valence-corrected chi connectivity index (χ0v) is 15.6. The fourth-order valence-corrected chi connectivity index (χ4v) is 3.18. The lowest BCUT2D eigenvalue weighted by molar-refractivity contribution is 0.102. The molecule has 0 atom stereocenters. The summed E-state index contributed by atoms with van der Waals surface area (Å²) in [7, 11) is 0. The predicted octanol–water partition coefficient (Wildman–Crippen LogP) is 4.20. The standard InChI is InChI=1S/C22H15FN6O/c23-18-10-9-16(29-12-11-24-28-29)13-17(18)22(30)25-15-7-5-14(6-8-15)21-26-19-3-1-2-4-20(19)27-21/h1-13H,(H,25,30)(H,26,27). The lowest BCUT2D eigenvalue weighted by Crippen LogP contribution is -2.14. The largest absolute Gasteiger partial charge is 0.338 e. The lowest BCUT2D eigenvalue weighted by Gasteiger charge is -2.08. The summed E-state index contributed by atoms with van der Waals surface area (Å²) < 4.78 is 15.7. The number of rotatable bonds is 4. The van der Waals surface area contributed by atoms with Crippen molar-refractivity contribution in [3.8, 4) is 17.1 Å². The fourth-order valence-electron chi connectivity index (χ4n) is 3.18. The maximum absolute atomic E-state index is 14.2. The van der Waals surface area contributed by atoms with Crippen molar-refractivity contribution in [2.75, 3.05) is 5.32 Å². The van der Waals surface area contributed by atoms with Gasteiger partial charge in [-0.1, -0.05) is 17.3 Å². The van der Waals surface area contributed by atoms with Gasteiger partial charge in [0.1, 0.15) is 11.6 Å². The molecule has 0 bridgehead atoms. The molecule has 3 aromatic carbocycles. The highest BCUT2D eigenvalue weighted by Crippen LogP contribution is 2.23. The van der Waals surface area contributed by atoms with Gasteiger partial charge in [0.05, 0.1) is 34.7 Å². The van der Waals surface area contributed by atoms with E-state index in [1.54, 1.807) is 18.3 Å². The summed E-state index contributed by atoms with van der Waals surface area (Å²) in [6.07, 6.45) is 3.12. The van der Waals surface area contributed by atoms with Gasteiger partial charge in [0.25, 0.3) is 5.91 Å². The van der Waals surface area contributed by atoms with Crippen LogP contribution in [0.4, 0.5) is 10.1 Å². The molecule has 0 aliphatic heterocycles. The SMILES string of the molecule is O=C(Nc1ccc(-c2nc3ccccc3[nH]2)cc1)c1cc(-n2ccnn2)ccc1F. The Hall–Kier alpha value is -4.33. The van der Waals surface area contributed by atoms with Crippen LogP contribution in [0.3, 0.4) is 0 Å². The number of benzene rings is 3. The second-order valence-electron chi connectivity index (χ2n) is 6.65. The summed E-state index contributed by atoms with van der Waals surface area (Å²) >= 11 is 0. The molecule has 0 saturated heterocycles. The molecule has 1 amide bonds. The van der Waals surface area contributed by atoms with E-state index >= 15 is 0 Å². The van der Waals surface area contributed by atoms with Gasteiger partial charge in [0, 0.05) is 11.3 Å². The number of nitrogens with one attached hydrogen (secondary N) is 2. The van der Waals surface area contributed by atoms with E-state index in [2.05, 4.69) is 25.6 Å². The highest BCUT2D eigenvalue weighted by Gasteiger charge is 2.14. The van der Waals surface area contributed by atoms with Crippen LogP contribution in [0.1, 0.15) is 10.4 Å². The van der Waals surface area contributed by atoms with E-state index in [0.29, 0.717) is 11.4 Å². The zero-order chi connectivity index (χ0) is 20.5. The van der Waals surface area contributed by atoms with Crippen molar-refractivity contribution in [2.24, 2.45) is 0 Å². The molecular formula is C22H15FN6O. The molecule has 0 fully saturated rings. The van der Waals surface area contributed by atoms with Crippen molar-refractivity contribution in [3.05, 3.63) is 90.5 Å². The van der Waals surface area contributed by atoms with Gasteiger partial charge in [-0.25, -0.2) is 14.1 Å². The monoisotopic (exact) mass is 398 g/mol. The van der Waals surface area contributed by atoms with Crippen LogP contribution in [-0.4, -0.2) is 30.9 Å². The lowest BCUT2D eigenvalue weighted by atomic mass is 10.1. The molecule has 0 unspecified atom stereocenters. The number of fused-ring (bicyclic) bond motifs is 1. The molecule has 146 valence electrons. The van der Waals surface area contributed by atoms with Gasteiger partial charge in [0.2, 0.25) is 0 Å². The van der Waals surface area contributed by atoms with Crippen molar-refractivity contribution in [1.29, 1.82) is 0 Å². The summed E-state index contributed by atoms with van der Waals surface area (Å²) in [5, 5.41) is 10.3. The summed E-state index contributed by atoms with van der Waals surface area (Å²) in [6.45, 7) is 0. The van der Waals surface area contributed by atoms with Gasteiger partial charge in [0.15, 0.2) is 0 Å². The number of halogens is 1. The van der Waals surface area contributed by atoms with Crippen LogP contribution in [0.5, 0.6) is 0 Å². The number of H-pyrrole nitrogens is 1. The van der Waals surface area contributed by atoms with Crippen LogP contribution in [0.2, 0.25) is 0 Å². The maximum Gasteiger partial charge on any atom is 0.258 e. The molecule has 2 heterocycles. The number of aromatic amines is 1. The topological polar surface area (TPSA) is 88.5 Å². The Morgan fingerprint density at radius 1 is 1.03 bits per heavy atom. The quantitative estimate of drug-likeness (QED) is 0.475. The molecule has 2 N–H and O–H groups in total. The Morgan fingerprint density at radius 2 is 1.87 bits per heavy atom. The van der Waals surface area contributed by atoms with Crippen molar-refractivity contribution < 1.29 is 9.18 Å². The first-order valence-electron chi connectivity index (χ1n) is 9.20. The summed E-state index contributed by atoms with van der Waals surface area (Å²) in [5.74, 6) is -0.429. The third-order valence-electron chi connectivity index (χ3n) is 4.69. The molecule has 0 saturated carbocycles. The first kappa shape index (κ1) is 17.7. The van der Waals surface area contributed by atoms with Crippen LogP contribution < -0.4 is 5.32 Å². The number of carbonyl (C=O) groups excluding carboxylic acids is 1. The van der Waals surface area contributed by atoms with E-state index in [0.717, 1.165) is 22.4 Å². The van der Waals surface area contributed by atoms with E-state index in [1.165, 1.54) is 29.1 Å². The smallest absolute Gasteiger partial charge is 0.258 e. The van der Waals surface area contributed by atoms with Gasteiger partial charge in [-0.15, -0.1) is 5.10 Å². The molecule has 0 aliphatic rings. The van der Waals surface area contributed by atoms with Gasteiger partial charge in [-0.2, -0.15) is 0 Å². The fraction of sp³-hybridized carbons (Fsp3) is 0. The van der Waals surface area contributed by atoms with Gasteiger partial charge < -0.3 is 10.3 Å². The van der Waals surface area contributed by atoms with Gasteiger partial charge in [-0.05, 0) is 54.6 Å². The molecule has 0 aliphatic carbocycles. The number of imidazole rings is 1. The van der Waals surface area contributed by atoms with E-state index in [1.807, 2.05) is 36.4 Å². The Balaban J connectivity index is 1.37. The minimum atomic E-state index is -0.615. The van der Waals surface area contributed by atoms with Crippen molar-refractivity contribution in [1.82, 2.24) is 25.0 Å². The Bertz CT molecular complexity index is 1310. The number of para-hydroxylation sites is 2. The molecule has 0 radical (unpaired) electrons. The summed E-state index contributed by atoms with van der Waals surface area (Å²) in [4.78, 5) is 20.4. The average Bonchev–Trinajstić information content (AvgIpc) is 3.44. The van der Waals surface area contributed by atoms with Gasteiger partial charge >= 0.3 is 0 Å². The number of hydrogen-bond acceptors (Lipinski definition) is 4. The van der Waals surface area contributed by atoms with Gasteiger partial charge in [-0.3, -0.25) is 4.79 Å². The van der Waals surface area contributed by atoms with Crippen LogP contribution in [0, 0.1) is 5.82 Å². The average molecular weight is 398 g/mol. The number of carbonyl (C=O) groups is 1. The number of aromatic nitrogens is 5. The summed E-state index contributed by atoms with van der Waals surface area (Å²) in [6, 6.07) is 19.2. The maximum atomic E-state index is 14.2. The van der Waals surface area contributed by atoms with E-state index in [4.69, 9.17) is 0 Å². The summed E-state index contributed by atoms with van der Waals surface area (Å²) in [5.41, 5.74) is 3.72. The first-order chi connectivity index (χ1) is 14.7. The molecule has 0 spiro atoms. The highest BCUT2D eigenvalue weighted by atomic mass is 19.1. The van der Waals surface area contributed by atoms with Crippen LogP contribution >= 0.6 is 0 Å². The van der Waals surface area contributed by atoms with E-state index in [9.17, 15) is 9.18 Å². The van der Waals surface area contributed by atoms with Crippen molar-refractivity contribution >= 4 is 22.6 Å². The number of anilines is 1. The first-order valence-corrected chi connectivity index (χ1v) is 9.20. The Labute approximate surface area is 170 Å². The zero-order valence-electron chi connectivity index (χ0n) is 15.6. The highest BCUT2D eigenvalue weighted by molar-refractivity contribution is 6.04. The number of nitrogens with zero attached hydrogens (tertiary/aromatic N) is 4. The minimum absolute atomic E-state index is 0.0793.